The molecule has 0 aliphatic rings. The molecule has 1 aromatic heterocycles. The molecular formula is C11H20N4O2. The number of rotatable bonds is 6. The SMILES string of the molecule is Cc1nc(CCNC(=O)CCC(C)(C)N)no1. The Morgan fingerprint density at radius 1 is 1.53 bits per heavy atom. The summed E-state index contributed by atoms with van der Waals surface area (Å²) in [7, 11) is 0. The maximum Gasteiger partial charge on any atom is 0.223 e. The zero-order valence-electron chi connectivity index (χ0n) is 10.6. The normalized spacial score (nSPS) is 11.5. The predicted molar refractivity (Wildman–Crippen MR) is 63.2 cm³/mol. The number of hydrogen-bond acceptors (Lipinski definition) is 5. The van der Waals surface area contributed by atoms with Gasteiger partial charge in [-0.25, -0.2) is 0 Å². The van der Waals surface area contributed by atoms with Crippen molar-refractivity contribution in [3.8, 4) is 0 Å². The first-order valence-corrected chi connectivity index (χ1v) is 5.71. The third kappa shape index (κ3) is 6.01. The van der Waals surface area contributed by atoms with Crippen LogP contribution < -0.4 is 11.1 Å². The summed E-state index contributed by atoms with van der Waals surface area (Å²) in [6.45, 7) is 6.06. The Morgan fingerprint density at radius 3 is 2.76 bits per heavy atom. The van der Waals surface area contributed by atoms with Crippen molar-refractivity contribution in [3.63, 3.8) is 0 Å². The zero-order chi connectivity index (χ0) is 12.9. The molecular weight excluding hydrogens is 220 g/mol. The topological polar surface area (TPSA) is 94.0 Å². The molecule has 6 nitrogen and oxygen atoms in total. The molecule has 3 N–H and O–H groups in total. The summed E-state index contributed by atoms with van der Waals surface area (Å²) >= 11 is 0. The van der Waals surface area contributed by atoms with E-state index in [0.29, 0.717) is 37.5 Å². The van der Waals surface area contributed by atoms with Gasteiger partial charge in [-0.05, 0) is 20.3 Å². The molecule has 0 aliphatic carbocycles. The lowest BCUT2D eigenvalue weighted by Gasteiger charge is -2.17. The van der Waals surface area contributed by atoms with Crippen LogP contribution in [0.3, 0.4) is 0 Å². The summed E-state index contributed by atoms with van der Waals surface area (Å²) in [6.07, 6.45) is 1.68. The number of hydrogen-bond donors (Lipinski definition) is 2. The van der Waals surface area contributed by atoms with E-state index < -0.39 is 0 Å². The van der Waals surface area contributed by atoms with E-state index in [4.69, 9.17) is 10.3 Å². The van der Waals surface area contributed by atoms with Gasteiger partial charge in [-0.3, -0.25) is 4.79 Å². The summed E-state index contributed by atoms with van der Waals surface area (Å²) < 4.78 is 4.82. The number of amides is 1. The van der Waals surface area contributed by atoms with E-state index in [2.05, 4.69) is 15.5 Å². The molecule has 6 heteroatoms. The molecule has 0 saturated carbocycles. The smallest absolute Gasteiger partial charge is 0.223 e. The fraction of sp³-hybridized carbons (Fsp3) is 0.727. The van der Waals surface area contributed by atoms with Crippen molar-refractivity contribution in [1.29, 1.82) is 0 Å². The lowest BCUT2D eigenvalue weighted by molar-refractivity contribution is -0.121. The minimum Gasteiger partial charge on any atom is -0.356 e. The first kappa shape index (κ1) is 13.6. The lowest BCUT2D eigenvalue weighted by Crippen LogP contribution is -2.34. The van der Waals surface area contributed by atoms with Gasteiger partial charge in [0.15, 0.2) is 5.82 Å². The fourth-order valence-corrected chi connectivity index (χ4v) is 1.28. The Morgan fingerprint density at radius 2 is 2.24 bits per heavy atom. The molecule has 0 saturated heterocycles. The molecule has 17 heavy (non-hydrogen) atoms. The van der Waals surface area contributed by atoms with Gasteiger partial charge in [-0.1, -0.05) is 5.16 Å². The van der Waals surface area contributed by atoms with Crippen LogP contribution in [0.1, 0.15) is 38.4 Å². The average molecular weight is 240 g/mol. The maximum atomic E-state index is 11.5. The van der Waals surface area contributed by atoms with Gasteiger partial charge in [0, 0.05) is 31.8 Å². The Labute approximate surface area is 101 Å². The fourth-order valence-electron chi connectivity index (χ4n) is 1.28. The van der Waals surface area contributed by atoms with Gasteiger partial charge in [0.2, 0.25) is 11.8 Å². The standard InChI is InChI=1S/C11H20N4O2/c1-8-14-9(15-17-8)5-7-13-10(16)4-6-11(2,3)12/h4-7,12H2,1-3H3,(H,13,16). The number of nitrogens with zero attached hydrogens (tertiary/aromatic N) is 2. The molecule has 0 fully saturated rings. The largest absolute Gasteiger partial charge is 0.356 e. The molecule has 0 spiro atoms. The van der Waals surface area contributed by atoms with Crippen LogP contribution in [0, 0.1) is 6.92 Å². The Kier molecular flexibility index (Phi) is 4.62. The quantitative estimate of drug-likeness (QED) is 0.757. The molecule has 1 amide bonds. The van der Waals surface area contributed by atoms with E-state index in [9.17, 15) is 4.79 Å². The minimum absolute atomic E-state index is 0.00346. The van der Waals surface area contributed by atoms with Gasteiger partial charge >= 0.3 is 0 Å². The number of carbonyl (C=O) groups excluding carboxylic acids is 1. The van der Waals surface area contributed by atoms with E-state index in [1.54, 1.807) is 6.92 Å². The number of aromatic nitrogens is 2. The average Bonchev–Trinajstić information content (AvgIpc) is 2.60. The number of carbonyl (C=O) groups is 1. The van der Waals surface area contributed by atoms with E-state index in [1.807, 2.05) is 13.8 Å². The summed E-state index contributed by atoms with van der Waals surface area (Å²) in [5, 5.41) is 6.54. The first-order chi connectivity index (χ1) is 7.87. The molecule has 1 rings (SSSR count). The molecule has 0 atom stereocenters. The van der Waals surface area contributed by atoms with Crippen molar-refractivity contribution in [3.05, 3.63) is 11.7 Å². The van der Waals surface area contributed by atoms with Gasteiger partial charge in [0.1, 0.15) is 0 Å². The second-order valence-corrected chi connectivity index (χ2v) is 4.82. The molecule has 1 aromatic rings. The second-order valence-electron chi connectivity index (χ2n) is 4.82. The molecule has 96 valence electrons. The Balaban J connectivity index is 2.16. The van der Waals surface area contributed by atoms with Crippen molar-refractivity contribution in [1.82, 2.24) is 15.5 Å². The van der Waals surface area contributed by atoms with Crippen LogP contribution in [0.15, 0.2) is 4.52 Å². The van der Waals surface area contributed by atoms with Crippen LogP contribution in [0.4, 0.5) is 0 Å². The predicted octanol–water partition coefficient (Wildman–Crippen LogP) is 0.554. The Bertz CT molecular complexity index is 368. The summed E-state index contributed by atoms with van der Waals surface area (Å²) in [5.74, 6) is 1.15. The molecule has 0 aromatic carbocycles. The van der Waals surface area contributed by atoms with Gasteiger partial charge in [-0.2, -0.15) is 4.98 Å². The van der Waals surface area contributed by atoms with Crippen LogP contribution in [0.2, 0.25) is 0 Å². The van der Waals surface area contributed by atoms with E-state index >= 15 is 0 Å². The van der Waals surface area contributed by atoms with Crippen molar-refractivity contribution < 1.29 is 9.32 Å². The first-order valence-electron chi connectivity index (χ1n) is 5.71. The summed E-state index contributed by atoms with van der Waals surface area (Å²) in [4.78, 5) is 15.5. The van der Waals surface area contributed by atoms with E-state index in [1.165, 1.54) is 0 Å². The molecule has 0 bridgehead atoms. The molecule has 0 unspecified atom stereocenters. The van der Waals surface area contributed by atoms with Gasteiger partial charge in [0.05, 0.1) is 0 Å². The summed E-state index contributed by atoms with van der Waals surface area (Å²) in [6, 6.07) is 0. The van der Waals surface area contributed by atoms with Crippen LogP contribution in [0.5, 0.6) is 0 Å². The van der Waals surface area contributed by atoms with E-state index in [-0.39, 0.29) is 11.4 Å². The highest BCUT2D eigenvalue weighted by atomic mass is 16.5. The summed E-state index contributed by atoms with van der Waals surface area (Å²) in [5.41, 5.74) is 5.49. The lowest BCUT2D eigenvalue weighted by atomic mass is 10.00. The third-order valence-corrected chi connectivity index (χ3v) is 2.24. The van der Waals surface area contributed by atoms with Crippen LogP contribution >= 0.6 is 0 Å². The molecule has 0 radical (unpaired) electrons. The van der Waals surface area contributed by atoms with Crippen molar-refractivity contribution in [2.24, 2.45) is 5.73 Å². The van der Waals surface area contributed by atoms with Gasteiger partial charge < -0.3 is 15.6 Å². The number of aryl methyl sites for hydroxylation is 1. The van der Waals surface area contributed by atoms with Crippen molar-refractivity contribution in [2.45, 2.75) is 45.6 Å². The third-order valence-electron chi connectivity index (χ3n) is 2.24. The maximum absolute atomic E-state index is 11.5. The number of nitrogens with two attached hydrogens (primary N) is 1. The highest BCUT2D eigenvalue weighted by molar-refractivity contribution is 5.75. The van der Waals surface area contributed by atoms with Crippen LogP contribution in [0.25, 0.3) is 0 Å². The number of nitrogens with one attached hydrogen (secondary N) is 1. The monoisotopic (exact) mass is 240 g/mol. The van der Waals surface area contributed by atoms with Gasteiger partial charge in [-0.15, -0.1) is 0 Å². The highest BCUT2D eigenvalue weighted by Gasteiger charge is 2.13. The molecule has 1 heterocycles. The zero-order valence-corrected chi connectivity index (χ0v) is 10.6. The minimum atomic E-state index is -0.303. The van der Waals surface area contributed by atoms with Crippen LogP contribution in [-0.2, 0) is 11.2 Å². The molecule has 0 aliphatic heterocycles. The second kappa shape index (κ2) is 5.77. The van der Waals surface area contributed by atoms with Crippen molar-refractivity contribution >= 4 is 5.91 Å². The van der Waals surface area contributed by atoms with Crippen molar-refractivity contribution in [2.75, 3.05) is 6.54 Å². The Hall–Kier alpha value is -1.43. The van der Waals surface area contributed by atoms with Gasteiger partial charge in [0.25, 0.3) is 0 Å². The highest BCUT2D eigenvalue weighted by Crippen LogP contribution is 2.06. The van der Waals surface area contributed by atoms with Crippen LogP contribution in [-0.4, -0.2) is 28.1 Å². The van der Waals surface area contributed by atoms with E-state index in [0.717, 1.165) is 0 Å².